The zero-order valence-corrected chi connectivity index (χ0v) is 14.9. The molecule has 0 bridgehead atoms. The summed E-state index contributed by atoms with van der Waals surface area (Å²) in [7, 11) is 0. The number of pyridine rings is 1. The van der Waals surface area contributed by atoms with Gasteiger partial charge in [0.1, 0.15) is 5.15 Å². The van der Waals surface area contributed by atoms with Crippen molar-refractivity contribution in [3.63, 3.8) is 0 Å². The molecule has 138 valence electrons. The van der Waals surface area contributed by atoms with Gasteiger partial charge >= 0.3 is 0 Å². The monoisotopic (exact) mass is 381 g/mol. The zero-order valence-electron chi connectivity index (χ0n) is 14.1. The molecule has 4 heterocycles. The number of morpholine rings is 1. The van der Waals surface area contributed by atoms with Crippen LogP contribution < -0.4 is 10.2 Å². The van der Waals surface area contributed by atoms with Crippen LogP contribution in [0.3, 0.4) is 0 Å². The molecule has 0 aromatic carbocycles. The van der Waals surface area contributed by atoms with Gasteiger partial charge in [-0.2, -0.15) is 0 Å². The highest BCUT2D eigenvalue weighted by Gasteiger charge is 2.51. The summed E-state index contributed by atoms with van der Waals surface area (Å²) in [5.74, 6) is -3.11. The Balaban J connectivity index is 1.95. The third-order valence-corrected chi connectivity index (χ3v) is 5.00. The molecule has 0 spiro atoms. The van der Waals surface area contributed by atoms with Crippen molar-refractivity contribution in [3.05, 3.63) is 35.9 Å². The largest absolute Gasteiger partial charge is 0.378 e. The topological polar surface area (TPSA) is 54.7 Å². The zero-order chi connectivity index (χ0) is 18.4. The van der Waals surface area contributed by atoms with Crippen molar-refractivity contribution in [2.45, 2.75) is 18.5 Å². The summed E-state index contributed by atoms with van der Waals surface area (Å²) in [5, 5.41) is 3.75. The molecule has 1 N–H and O–H groups in total. The van der Waals surface area contributed by atoms with E-state index in [1.165, 1.54) is 23.2 Å². The standard InChI is InChI=1S/C17H18ClF2N5O/c1-16(19,20)17(2-3-21-11-23-17)25-10-14(24-4-6-26-7-5-24)12-9-22-15(18)8-13(12)25/h2-3,8-11H,4-7H2,1H3,(H,21,23). The number of alkyl halides is 2. The lowest BCUT2D eigenvalue weighted by molar-refractivity contribution is -0.0786. The first-order valence-electron chi connectivity index (χ1n) is 8.27. The Morgan fingerprint density at radius 2 is 2.12 bits per heavy atom. The Morgan fingerprint density at radius 3 is 2.77 bits per heavy atom. The normalized spacial score (nSPS) is 23.5. The quantitative estimate of drug-likeness (QED) is 0.830. The molecular weight excluding hydrogens is 364 g/mol. The Labute approximate surface area is 154 Å². The lowest BCUT2D eigenvalue weighted by atomic mass is 10.0. The van der Waals surface area contributed by atoms with Crippen molar-refractivity contribution in [2.75, 3.05) is 31.2 Å². The van der Waals surface area contributed by atoms with E-state index in [2.05, 4.69) is 20.2 Å². The molecule has 1 saturated heterocycles. The van der Waals surface area contributed by atoms with E-state index in [9.17, 15) is 8.78 Å². The third kappa shape index (κ3) is 2.64. The van der Waals surface area contributed by atoms with Gasteiger partial charge in [0.05, 0.1) is 30.8 Å². The second kappa shape index (κ2) is 6.21. The fourth-order valence-corrected chi connectivity index (χ4v) is 3.59. The maximum Gasteiger partial charge on any atom is 0.290 e. The molecule has 1 atom stereocenters. The van der Waals surface area contributed by atoms with Gasteiger partial charge in [-0.3, -0.25) is 0 Å². The number of halogens is 3. The molecule has 4 rings (SSSR count). The number of aliphatic imine (C=N–C) groups is 1. The molecule has 0 amide bonds. The molecule has 26 heavy (non-hydrogen) atoms. The number of rotatable bonds is 3. The number of ether oxygens (including phenoxy) is 1. The van der Waals surface area contributed by atoms with Crippen LogP contribution in [0.1, 0.15) is 6.92 Å². The SMILES string of the molecule is CC(F)(F)C1(n2cc(N3CCOCC3)c3cnc(Cl)cc32)C=CN=CN1. The Kier molecular flexibility index (Phi) is 4.11. The van der Waals surface area contributed by atoms with E-state index in [-0.39, 0.29) is 5.15 Å². The van der Waals surface area contributed by atoms with Gasteiger partial charge in [-0.1, -0.05) is 11.6 Å². The maximum absolute atomic E-state index is 14.8. The van der Waals surface area contributed by atoms with E-state index in [0.717, 1.165) is 18.0 Å². The molecule has 1 unspecified atom stereocenters. The third-order valence-electron chi connectivity index (χ3n) is 4.80. The Bertz CT molecular complexity index is 885. The van der Waals surface area contributed by atoms with Crippen LogP contribution in [0.2, 0.25) is 5.15 Å². The average molecular weight is 382 g/mol. The lowest BCUT2D eigenvalue weighted by Gasteiger charge is -2.39. The first-order chi connectivity index (χ1) is 12.4. The van der Waals surface area contributed by atoms with E-state index in [4.69, 9.17) is 16.3 Å². The molecule has 6 nitrogen and oxygen atoms in total. The molecule has 0 radical (unpaired) electrons. The van der Waals surface area contributed by atoms with Crippen LogP contribution in [-0.2, 0) is 10.4 Å². The maximum atomic E-state index is 14.8. The van der Waals surface area contributed by atoms with Crippen LogP contribution >= 0.6 is 11.6 Å². The summed E-state index contributed by atoms with van der Waals surface area (Å²) >= 11 is 6.07. The van der Waals surface area contributed by atoms with E-state index in [1.807, 2.05) is 0 Å². The first-order valence-corrected chi connectivity index (χ1v) is 8.65. The van der Waals surface area contributed by atoms with Gasteiger partial charge in [-0.15, -0.1) is 0 Å². The summed E-state index contributed by atoms with van der Waals surface area (Å²) < 4.78 is 36.4. The summed E-state index contributed by atoms with van der Waals surface area (Å²) in [4.78, 5) is 10.1. The second-order valence-corrected chi connectivity index (χ2v) is 6.79. The van der Waals surface area contributed by atoms with Gasteiger partial charge in [0.25, 0.3) is 5.92 Å². The predicted octanol–water partition coefficient (Wildman–Crippen LogP) is 2.98. The van der Waals surface area contributed by atoms with Gasteiger partial charge in [0.2, 0.25) is 5.66 Å². The summed E-state index contributed by atoms with van der Waals surface area (Å²) in [6.45, 7) is 3.43. The Hall–Kier alpha value is -2.19. The number of hydrogen-bond acceptors (Lipinski definition) is 5. The van der Waals surface area contributed by atoms with Gasteiger partial charge in [-0.25, -0.2) is 18.8 Å². The first kappa shape index (κ1) is 17.2. The van der Waals surface area contributed by atoms with Gasteiger partial charge in [0.15, 0.2) is 0 Å². The van der Waals surface area contributed by atoms with E-state index < -0.39 is 11.6 Å². The molecule has 2 aliphatic heterocycles. The minimum Gasteiger partial charge on any atom is -0.378 e. The average Bonchev–Trinajstić information content (AvgIpc) is 3.01. The van der Waals surface area contributed by atoms with Crippen LogP contribution in [-0.4, -0.2) is 48.1 Å². The minimum absolute atomic E-state index is 0.244. The van der Waals surface area contributed by atoms with Crippen molar-refractivity contribution in [2.24, 2.45) is 4.99 Å². The Morgan fingerprint density at radius 1 is 1.35 bits per heavy atom. The van der Waals surface area contributed by atoms with Gasteiger partial charge < -0.3 is 19.5 Å². The fraction of sp³-hybridized carbons (Fsp3) is 0.412. The molecule has 2 aromatic rings. The molecular formula is C17H18ClF2N5O. The van der Waals surface area contributed by atoms with Gasteiger partial charge in [-0.05, 0) is 12.1 Å². The number of fused-ring (bicyclic) bond motifs is 1. The highest BCUT2D eigenvalue weighted by molar-refractivity contribution is 6.30. The van der Waals surface area contributed by atoms with Crippen molar-refractivity contribution in [1.29, 1.82) is 0 Å². The van der Waals surface area contributed by atoms with E-state index >= 15 is 0 Å². The highest BCUT2D eigenvalue weighted by atomic mass is 35.5. The summed E-state index contributed by atoms with van der Waals surface area (Å²) in [5.41, 5.74) is -0.392. The van der Waals surface area contributed by atoms with E-state index in [0.29, 0.717) is 31.8 Å². The van der Waals surface area contributed by atoms with Crippen LogP contribution in [0.25, 0.3) is 10.9 Å². The van der Waals surface area contributed by atoms with Crippen LogP contribution in [0.15, 0.2) is 35.7 Å². The van der Waals surface area contributed by atoms with Crippen LogP contribution in [0, 0.1) is 0 Å². The van der Waals surface area contributed by atoms with Crippen molar-refractivity contribution < 1.29 is 13.5 Å². The highest BCUT2D eigenvalue weighted by Crippen LogP contribution is 2.41. The van der Waals surface area contributed by atoms with Gasteiger partial charge in [0, 0.05) is 44.0 Å². The molecule has 1 fully saturated rings. The van der Waals surface area contributed by atoms with Crippen LogP contribution in [0.4, 0.5) is 14.5 Å². The number of hydrogen-bond donors (Lipinski definition) is 1. The number of nitrogens with one attached hydrogen (secondary N) is 1. The number of nitrogens with zero attached hydrogens (tertiary/aromatic N) is 4. The minimum atomic E-state index is -3.11. The molecule has 0 aliphatic carbocycles. The molecule has 0 saturated carbocycles. The smallest absolute Gasteiger partial charge is 0.290 e. The molecule has 2 aromatic heterocycles. The predicted molar refractivity (Wildman–Crippen MR) is 97.1 cm³/mol. The molecule has 2 aliphatic rings. The number of aromatic nitrogens is 2. The summed E-state index contributed by atoms with van der Waals surface area (Å²) in [6.07, 6.45) is 7.37. The van der Waals surface area contributed by atoms with E-state index in [1.54, 1.807) is 18.5 Å². The van der Waals surface area contributed by atoms with Crippen LogP contribution in [0.5, 0.6) is 0 Å². The lowest BCUT2D eigenvalue weighted by Crippen LogP contribution is -2.57. The van der Waals surface area contributed by atoms with Crippen molar-refractivity contribution in [3.8, 4) is 0 Å². The summed E-state index contributed by atoms with van der Waals surface area (Å²) in [6, 6.07) is 1.61. The fourth-order valence-electron chi connectivity index (χ4n) is 3.44. The van der Waals surface area contributed by atoms with Crippen molar-refractivity contribution in [1.82, 2.24) is 14.9 Å². The van der Waals surface area contributed by atoms with Crippen molar-refractivity contribution >= 4 is 34.5 Å². The molecule has 9 heteroatoms. The number of anilines is 1. The second-order valence-electron chi connectivity index (χ2n) is 6.40.